The third-order valence-electron chi connectivity index (χ3n) is 5.00. The first-order valence-corrected chi connectivity index (χ1v) is 9.10. The number of nitrogens with zero attached hydrogens (tertiary/aromatic N) is 5. The van der Waals surface area contributed by atoms with Crippen LogP contribution in [0.25, 0.3) is 11.0 Å². The lowest BCUT2D eigenvalue weighted by Gasteiger charge is -2.17. The molecule has 0 spiro atoms. The Balaban J connectivity index is 1.38. The van der Waals surface area contributed by atoms with Crippen LogP contribution in [-0.4, -0.2) is 43.4 Å². The normalized spacial score (nSPS) is 17.2. The van der Waals surface area contributed by atoms with Gasteiger partial charge in [0.1, 0.15) is 5.82 Å². The number of fused-ring (bicyclic) bond motifs is 1. The van der Waals surface area contributed by atoms with Gasteiger partial charge in [-0.2, -0.15) is 0 Å². The first-order valence-electron chi connectivity index (χ1n) is 9.10. The molecule has 2 aromatic heterocycles. The highest BCUT2D eigenvalue weighted by atomic mass is 16.2. The van der Waals surface area contributed by atoms with Gasteiger partial charge in [0.2, 0.25) is 5.91 Å². The Bertz CT molecular complexity index is 928. The van der Waals surface area contributed by atoms with E-state index >= 15 is 0 Å². The van der Waals surface area contributed by atoms with Crippen LogP contribution in [0.5, 0.6) is 0 Å². The number of aromatic nitrogens is 4. The zero-order valence-corrected chi connectivity index (χ0v) is 15.2. The lowest BCUT2D eigenvalue weighted by Crippen LogP contribution is -2.29. The van der Waals surface area contributed by atoms with Crippen LogP contribution in [0.15, 0.2) is 36.7 Å². The number of carbonyl (C=O) groups is 1. The van der Waals surface area contributed by atoms with Crippen molar-refractivity contribution in [1.82, 2.24) is 24.4 Å². The van der Waals surface area contributed by atoms with Gasteiger partial charge in [0.15, 0.2) is 0 Å². The van der Waals surface area contributed by atoms with Gasteiger partial charge >= 0.3 is 0 Å². The molecule has 1 fully saturated rings. The molecule has 0 bridgehead atoms. The van der Waals surface area contributed by atoms with E-state index in [-0.39, 0.29) is 11.8 Å². The lowest BCUT2D eigenvalue weighted by molar-refractivity contribution is -0.130. The Morgan fingerprint density at radius 2 is 1.96 bits per heavy atom. The molecule has 0 N–H and O–H groups in total. The Labute approximate surface area is 152 Å². The molecule has 6 heteroatoms. The van der Waals surface area contributed by atoms with Crippen LogP contribution in [0.3, 0.4) is 0 Å². The number of benzene rings is 1. The smallest absolute Gasteiger partial charge is 0.224 e. The van der Waals surface area contributed by atoms with Crippen LogP contribution in [-0.2, 0) is 11.3 Å². The number of carbonyl (C=O) groups excluding carboxylic acids is 1. The summed E-state index contributed by atoms with van der Waals surface area (Å²) in [7, 11) is 0. The van der Waals surface area contributed by atoms with Crippen LogP contribution < -0.4 is 0 Å². The second-order valence-corrected chi connectivity index (χ2v) is 7.01. The van der Waals surface area contributed by atoms with Crippen molar-refractivity contribution in [2.45, 2.75) is 39.2 Å². The monoisotopic (exact) mass is 349 g/mol. The molecule has 3 heterocycles. The van der Waals surface area contributed by atoms with Crippen molar-refractivity contribution in [2.24, 2.45) is 0 Å². The summed E-state index contributed by atoms with van der Waals surface area (Å²) in [6, 6.07) is 9.98. The minimum absolute atomic E-state index is 0.189. The molecular formula is C20H23N5O. The van der Waals surface area contributed by atoms with E-state index in [2.05, 4.69) is 15.0 Å². The third-order valence-corrected chi connectivity index (χ3v) is 5.00. The predicted octanol–water partition coefficient (Wildman–Crippen LogP) is 2.85. The average molecular weight is 349 g/mol. The van der Waals surface area contributed by atoms with Gasteiger partial charge in [0.05, 0.1) is 17.4 Å². The predicted molar refractivity (Wildman–Crippen MR) is 99.8 cm³/mol. The van der Waals surface area contributed by atoms with Crippen molar-refractivity contribution in [3.8, 4) is 0 Å². The maximum absolute atomic E-state index is 12.6. The molecule has 4 rings (SSSR count). The van der Waals surface area contributed by atoms with Gasteiger partial charge in [-0.15, -0.1) is 0 Å². The van der Waals surface area contributed by atoms with Gasteiger partial charge in [0.25, 0.3) is 0 Å². The minimum Gasteiger partial charge on any atom is -0.342 e. The molecule has 1 unspecified atom stereocenters. The van der Waals surface area contributed by atoms with E-state index in [4.69, 9.17) is 0 Å². The molecule has 0 aliphatic carbocycles. The summed E-state index contributed by atoms with van der Waals surface area (Å²) >= 11 is 0. The summed E-state index contributed by atoms with van der Waals surface area (Å²) in [4.78, 5) is 28.1. The Morgan fingerprint density at radius 1 is 1.19 bits per heavy atom. The number of para-hydroxylation sites is 2. The molecule has 26 heavy (non-hydrogen) atoms. The fraction of sp³-hybridized carbons (Fsp3) is 0.400. The molecular weight excluding hydrogens is 326 g/mol. The van der Waals surface area contributed by atoms with E-state index in [0.717, 1.165) is 41.2 Å². The Kier molecular flexibility index (Phi) is 4.41. The van der Waals surface area contributed by atoms with E-state index in [9.17, 15) is 4.79 Å². The molecule has 0 radical (unpaired) electrons. The number of hydrogen-bond donors (Lipinski definition) is 0. The molecule has 1 amide bonds. The van der Waals surface area contributed by atoms with E-state index in [0.29, 0.717) is 19.5 Å². The topological polar surface area (TPSA) is 63.9 Å². The fourth-order valence-electron chi connectivity index (χ4n) is 3.70. The molecule has 134 valence electrons. The summed E-state index contributed by atoms with van der Waals surface area (Å²) < 4.78 is 2.05. The van der Waals surface area contributed by atoms with Crippen LogP contribution in [0.2, 0.25) is 0 Å². The maximum atomic E-state index is 12.6. The van der Waals surface area contributed by atoms with Gasteiger partial charge < -0.3 is 9.47 Å². The number of imidazole rings is 1. The largest absolute Gasteiger partial charge is 0.342 e. The molecule has 3 aromatic rings. The first kappa shape index (κ1) is 16.7. The second kappa shape index (κ2) is 6.86. The van der Waals surface area contributed by atoms with E-state index < -0.39 is 0 Å². The van der Waals surface area contributed by atoms with Crippen molar-refractivity contribution in [3.05, 3.63) is 53.9 Å². The number of rotatable bonds is 4. The first-order chi connectivity index (χ1) is 12.6. The lowest BCUT2D eigenvalue weighted by atomic mass is 10.1. The third kappa shape index (κ3) is 3.31. The molecule has 1 aromatic carbocycles. The minimum atomic E-state index is 0.189. The number of amides is 1. The highest BCUT2D eigenvalue weighted by Crippen LogP contribution is 2.25. The highest BCUT2D eigenvalue weighted by Gasteiger charge is 2.29. The van der Waals surface area contributed by atoms with Gasteiger partial charge in [0, 0.05) is 43.4 Å². The fourth-order valence-corrected chi connectivity index (χ4v) is 3.70. The summed E-state index contributed by atoms with van der Waals surface area (Å²) in [6.45, 7) is 6.13. The second-order valence-electron chi connectivity index (χ2n) is 7.01. The van der Waals surface area contributed by atoms with E-state index in [1.807, 2.05) is 60.0 Å². The number of hydrogen-bond acceptors (Lipinski definition) is 4. The Morgan fingerprint density at radius 3 is 2.77 bits per heavy atom. The highest BCUT2D eigenvalue weighted by molar-refractivity contribution is 5.78. The van der Waals surface area contributed by atoms with Crippen LogP contribution in [0.1, 0.15) is 36.0 Å². The van der Waals surface area contributed by atoms with Crippen molar-refractivity contribution in [2.75, 3.05) is 13.1 Å². The molecule has 1 aliphatic rings. The summed E-state index contributed by atoms with van der Waals surface area (Å²) in [5.74, 6) is 1.31. The van der Waals surface area contributed by atoms with Crippen molar-refractivity contribution in [3.63, 3.8) is 0 Å². The number of aryl methyl sites for hydroxylation is 3. The van der Waals surface area contributed by atoms with Crippen LogP contribution >= 0.6 is 0 Å². The Hall–Kier alpha value is -2.76. The molecule has 1 atom stereocenters. The molecule has 6 nitrogen and oxygen atoms in total. The standard InChI is InChI=1S/C20H23N5O/c1-14-11-15(2)23-20(22-14)16-7-9-24(12-16)19(26)8-10-25-13-21-17-5-3-4-6-18(17)25/h3-6,11,13,16H,7-10,12H2,1-2H3. The van der Waals surface area contributed by atoms with Crippen LogP contribution in [0.4, 0.5) is 0 Å². The van der Waals surface area contributed by atoms with Crippen molar-refractivity contribution < 1.29 is 4.79 Å². The van der Waals surface area contributed by atoms with E-state index in [1.165, 1.54) is 0 Å². The van der Waals surface area contributed by atoms with Crippen molar-refractivity contribution >= 4 is 16.9 Å². The summed E-state index contributed by atoms with van der Waals surface area (Å²) in [6.07, 6.45) is 3.23. The van der Waals surface area contributed by atoms with Crippen LogP contribution in [0, 0.1) is 13.8 Å². The van der Waals surface area contributed by atoms with Gasteiger partial charge in [-0.3, -0.25) is 4.79 Å². The van der Waals surface area contributed by atoms with E-state index in [1.54, 1.807) is 0 Å². The summed E-state index contributed by atoms with van der Waals surface area (Å²) in [5, 5.41) is 0. The average Bonchev–Trinajstić information content (AvgIpc) is 3.26. The van der Waals surface area contributed by atoms with Gasteiger partial charge in [-0.05, 0) is 38.5 Å². The van der Waals surface area contributed by atoms with Gasteiger partial charge in [-0.1, -0.05) is 12.1 Å². The number of likely N-dealkylation sites (tertiary alicyclic amines) is 1. The zero-order chi connectivity index (χ0) is 18.1. The SMILES string of the molecule is Cc1cc(C)nc(C2CCN(C(=O)CCn3cnc4ccccc43)C2)n1. The molecule has 1 aliphatic heterocycles. The molecule has 0 saturated carbocycles. The summed E-state index contributed by atoms with van der Waals surface area (Å²) in [5.41, 5.74) is 4.02. The zero-order valence-electron chi connectivity index (χ0n) is 15.2. The quantitative estimate of drug-likeness (QED) is 0.726. The van der Waals surface area contributed by atoms with Crippen molar-refractivity contribution in [1.29, 1.82) is 0 Å². The molecule has 1 saturated heterocycles. The van der Waals surface area contributed by atoms with Gasteiger partial charge in [-0.25, -0.2) is 15.0 Å². The maximum Gasteiger partial charge on any atom is 0.224 e.